The predicted molar refractivity (Wildman–Crippen MR) is 47.2 cm³/mol. The Labute approximate surface area is 66.9 Å². The first-order chi connectivity index (χ1) is 4.68. The number of hydrogen-bond acceptors (Lipinski definition) is 2. The topological polar surface area (TPSA) is 17.1 Å². The first kappa shape index (κ1) is 9.76. The second kappa shape index (κ2) is 5.54. The van der Waals surface area contributed by atoms with Crippen LogP contribution in [0.15, 0.2) is 12.2 Å². The molecule has 10 heavy (non-hydrogen) atoms. The number of rotatable bonds is 4. The number of carbonyl (C=O) groups excluding carboxylic acids is 1. The van der Waals surface area contributed by atoms with Crippen LogP contribution in [0.4, 0.5) is 0 Å². The minimum absolute atomic E-state index is 0.133. The zero-order valence-electron chi connectivity index (χ0n) is 6.64. The van der Waals surface area contributed by atoms with Crippen molar-refractivity contribution in [3.63, 3.8) is 0 Å². The van der Waals surface area contributed by atoms with E-state index in [0.717, 1.165) is 18.6 Å². The monoisotopic (exact) mass is 158 g/mol. The van der Waals surface area contributed by atoms with E-state index in [2.05, 4.69) is 13.5 Å². The highest BCUT2D eigenvalue weighted by Gasteiger charge is 2.00. The fraction of sp³-hybridized carbons (Fsp3) is 0.625. The normalized spacial score (nSPS) is 9.40. The van der Waals surface area contributed by atoms with Gasteiger partial charge in [0.25, 0.3) is 0 Å². The van der Waals surface area contributed by atoms with E-state index in [4.69, 9.17) is 0 Å². The van der Waals surface area contributed by atoms with Crippen LogP contribution >= 0.6 is 11.8 Å². The van der Waals surface area contributed by atoms with E-state index in [1.807, 2.05) is 0 Å². The van der Waals surface area contributed by atoms with Crippen LogP contribution in [0.3, 0.4) is 0 Å². The molecular weight excluding hydrogens is 144 g/mol. The molecule has 2 heteroatoms. The summed E-state index contributed by atoms with van der Waals surface area (Å²) in [6.07, 6.45) is 2.26. The van der Waals surface area contributed by atoms with Crippen LogP contribution in [0.5, 0.6) is 0 Å². The first-order valence-electron chi connectivity index (χ1n) is 3.51. The Balaban J connectivity index is 3.31. The van der Waals surface area contributed by atoms with E-state index in [1.165, 1.54) is 11.8 Å². The average Bonchev–Trinajstić information content (AvgIpc) is 1.88. The molecule has 0 heterocycles. The van der Waals surface area contributed by atoms with Crippen molar-refractivity contribution in [2.45, 2.75) is 26.7 Å². The van der Waals surface area contributed by atoms with E-state index in [0.29, 0.717) is 5.57 Å². The van der Waals surface area contributed by atoms with Gasteiger partial charge in [-0.2, -0.15) is 0 Å². The van der Waals surface area contributed by atoms with E-state index in [-0.39, 0.29) is 5.12 Å². The Morgan fingerprint density at radius 1 is 1.60 bits per heavy atom. The molecule has 0 unspecified atom stereocenters. The van der Waals surface area contributed by atoms with Crippen molar-refractivity contribution >= 4 is 16.9 Å². The van der Waals surface area contributed by atoms with Crippen LogP contribution in [0, 0.1) is 0 Å². The average molecular weight is 158 g/mol. The standard InChI is InChI=1S/C8H14OS/c1-4-5-6-10-8(9)7(2)3/h2,4-6H2,1,3H3. The zero-order valence-corrected chi connectivity index (χ0v) is 7.46. The van der Waals surface area contributed by atoms with Crippen LogP contribution in [0.25, 0.3) is 0 Å². The van der Waals surface area contributed by atoms with E-state index < -0.39 is 0 Å². The van der Waals surface area contributed by atoms with Gasteiger partial charge in [0.1, 0.15) is 0 Å². The van der Waals surface area contributed by atoms with Gasteiger partial charge in [0.2, 0.25) is 5.12 Å². The molecule has 1 nitrogen and oxygen atoms in total. The molecule has 0 aromatic rings. The molecule has 0 aliphatic carbocycles. The number of hydrogen-bond donors (Lipinski definition) is 0. The fourth-order valence-electron chi connectivity index (χ4n) is 0.432. The molecule has 0 amide bonds. The third-order valence-corrected chi connectivity index (χ3v) is 2.18. The summed E-state index contributed by atoms with van der Waals surface area (Å²) in [6.45, 7) is 7.43. The maximum Gasteiger partial charge on any atom is 0.214 e. The van der Waals surface area contributed by atoms with Gasteiger partial charge in [-0.15, -0.1) is 0 Å². The predicted octanol–water partition coefficient (Wildman–Crippen LogP) is 2.62. The van der Waals surface area contributed by atoms with Crippen molar-refractivity contribution in [2.75, 3.05) is 5.75 Å². The van der Waals surface area contributed by atoms with E-state index in [1.54, 1.807) is 6.92 Å². The smallest absolute Gasteiger partial charge is 0.214 e. The number of thioether (sulfide) groups is 1. The molecule has 0 saturated heterocycles. The van der Waals surface area contributed by atoms with Crippen molar-refractivity contribution in [3.8, 4) is 0 Å². The Morgan fingerprint density at radius 3 is 2.60 bits per heavy atom. The van der Waals surface area contributed by atoms with Gasteiger partial charge in [0.15, 0.2) is 0 Å². The van der Waals surface area contributed by atoms with Crippen molar-refractivity contribution in [1.29, 1.82) is 0 Å². The molecule has 0 bridgehead atoms. The summed E-state index contributed by atoms with van der Waals surface area (Å²) >= 11 is 1.37. The highest BCUT2D eigenvalue weighted by Crippen LogP contribution is 2.10. The Hall–Kier alpha value is -0.240. The summed E-state index contributed by atoms with van der Waals surface area (Å²) in [6, 6.07) is 0. The van der Waals surface area contributed by atoms with E-state index in [9.17, 15) is 4.79 Å². The van der Waals surface area contributed by atoms with Crippen LogP contribution in [0.1, 0.15) is 26.7 Å². The van der Waals surface area contributed by atoms with Crippen LogP contribution < -0.4 is 0 Å². The minimum Gasteiger partial charge on any atom is -0.282 e. The quantitative estimate of drug-likeness (QED) is 0.462. The molecule has 58 valence electrons. The molecule has 0 radical (unpaired) electrons. The lowest BCUT2D eigenvalue weighted by atomic mass is 10.4. The van der Waals surface area contributed by atoms with Gasteiger partial charge < -0.3 is 0 Å². The zero-order chi connectivity index (χ0) is 7.98. The molecule has 0 aliphatic heterocycles. The third-order valence-electron chi connectivity index (χ3n) is 1.08. The first-order valence-corrected chi connectivity index (χ1v) is 4.49. The van der Waals surface area contributed by atoms with Gasteiger partial charge in [-0.1, -0.05) is 31.7 Å². The largest absolute Gasteiger partial charge is 0.282 e. The van der Waals surface area contributed by atoms with Gasteiger partial charge >= 0.3 is 0 Å². The highest BCUT2D eigenvalue weighted by molar-refractivity contribution is 8.14. The molecule has 0 saturated carbocycles. The highest BCUT2D eigenvalue weighted by atomic mass is 32.2. The van der Waals surface area contributed by atoms with E-state index >= 15 is 0 Å². The molecule has 0 N–H and O–H groups in total. The summed E-state index contributed by atoms with van der Waals surface area (Å²) in [5.41, 5.74) is 0.654. The minimum atomic E-state index is 0.133. The maximum atomic E-state index is 10.9. The number of unbranched alkanes of at least 4 members (excludes halogenated alkanes) is 1. The molecular formula is C8H14OS. The van der Waals surface area contributed by atoms with Crippen molar-refractivity contribution in [3.05, 3.63) is 12.2 Å². The molecule has 0 spiro atoms. The Kier molecular flexibility index (Phi) is 5.40. The van der Waals surface area contributed by atoms with Gasteiger partial charge in [0.05, 0.1) is 0 Å². The molecule has 0 fully saturated rings. The molecule has 0 atom stereocenters. The summed E-state index contributed by atoms with van der Waals surface area (Å²) in [7, 11) is 0. The lowest BCUT2D eigenvalue weighted by molar-refractivity contribution is -0.107. The summed E-state index contributed by atoms with van der Waals surface area (Å²) < 4.78 is 0. The van der Waals surface area contributed by atoms with Crippen molar-refractivity contribution in [1.82, 2.24) is 0 Å². The lowest BCUT2D eigenvalue weighted by Gasteiger charge is -1.96. The molecule has 0 aromatic carbocycles. The second-order valence-electron chi connectivity index (χ2n) is 2.27. The van der Waals surface area contributed by atoms with Crippen LogP contribution in [-0.4, -0.2) is 10.9 Å². The van der Waals surface area contributed by atoms with Crippen LogP contribution in [-0.2, 0) is 4.79 Å². The molecule has 0 rings (SSSR count). The maximum absolute atomic E-state index is 10.9. The summed E-state index contributed by atoms with van der Waals surface area (Å²) in [4.78, 5) is 10.9. The second-order valence-corrected chi connectivity index (χ2v) is 3.34. The number of carbonyl (C=O) groups is 1. The summed E-state index contributed by atoms with van der Waals surface area (Å²) in [5, 5.41) is 0.133. The lowest BCUT2D eigenvalue weighted by Crippen LogP contribution is -1.92. The SMILES string of the molecule is C=C(C)C(=O)SCCCC. The van der Waals surface area contributed by atoms with Gasteiger partial charge in [-0.25, -0.2) is 0 Å². The van der Waals surface area contributed by atoms with Gasteiger partial charge in [0, 0.05) is 5.75 Å². The Morgan fingerprint density at radius 2 is 2.20 bits per heavy atom. The summed E-state index contributed by atoms with van der Waals surface area (Å²) in [5.74, 6) is 0.933. The molecule has 0 aliphatic rings. The van der Waals surface area contributed by atoms with Crippen molar-refractivity contribution < 1.29 is 4.79 Å². The van der Waals surface area contributed by atoms with Gasteiger partial charge in [-0.3, -0.25) is 4.79 Å². The third kappa shape index (κ3) is 4.62. The van der Waals surface area contributed by atoms with Crippen molar-refractivity contribution in [2.24, 2.45) is 0 Å². The van der Waals surface area contributed by atoms with Crippen LogP contribution in [0.2, 0.25) is 0 Å². The Bertz CT molecular complexity index is 129. The molecule has 0 aromatic heterocycles. The van der Waals surface area contributed by atoms with Gasteiger partial charge in [-0.05, 0) is 18.9 Å². The fourth-order valence-corrected chi connectivity index (χ4v) is 1.30.